The molecule has 2 fully saturated rings. The van der Waals surface area contributed by atoms with E-state index in [1.165, 1.54) is 5.57 Å². The van der Waals surface area contributed by atoms with Crippen molar-refractivity contribution in [1.29, 1.82) is 0 Å². The minimum Gasteiger partial charge on any atom is -0.386 e. The monoisotopic (exact) mass is 369 g/mol. The number of nitrogens with two attached hydrogens (primary N) is 1. The summed E-state index contributed by atoms with van der Waals surface area (Å²) in [5.74, 6) is 1.04. The van der Waals surface area contributed by atoms with E-state index < -0.39 is 0 Å². The molecule has 6 nitrogen and oxygen atoms in total. The van der Waals surface area contributed by atoms with Crippen LogP contribution in [-0.2, 0) is 4.79 Å². The van der Waals surface area contributed by atoms with Gasteiger partial charge in [0.15, 0.2) is 0 Å². The Labute approximate surface area is 162 Å². The zero-order valence-electron chi connectivity index (χ0n) is 16.0. The Hall–Kier alpha value is -2.50. The van der Waals surface area contributed by atoms with E-state index in [1.807, 2.05) is 6.08 Å². The fourth-order valence-corrected chi connectivity index (χ4v) is 3.56. The number of nitrogens with zero attached hydrogens (tertiary/aromatic N) is 2. The number of carbonyl (C=O) groups is 1. The fraction of sp³-hybridized carbons (Fsp3) is 0.524. The van der Waals surface area contributed by atoms with Crippen LogP contribution in [0, 0.1) is 5.92 Å². The highest BCUT2D eigenvalue weighted by Crippen LogP contribution is 2.27. The van der Waals surface area contributed by atoms with Crippen LogP contribution in [0.5, 0.6) is 0 Å². The number of hydrogen-bond donors (Lipinski definition) is 3. The lowest BCUT2D eigenvalue weighted by Crippen LogP contribution is -2.43. The van der Waals surface area contributed by atoms with E-state index in [4.69, 9.17) is 5.73 Å². The Morgan fingerprint density at radius 3 is 2.89 bits per heavy atom. The summed E-state index contributed by atoms with van der Waals surface area (Å²) in [4.78, 5) is 19.1. The van der Waals surface area contributed by atoms with Crippen molar-refractivity contribution in [3.8, 4) is 0 Å². The lowest BCUT2D eigenvalue weighted by Gasteiger charge is -2.35. The molecular weight excluding hydrogens is 338 g/mol. The molecule has 27 heavy (non-hydrogen) atoms. The summed E-state index contributed by atoms with van der Waals surface area (Å²) >= 11 is 0. The standard InChI is InChI=1S/C21H31N5O/c1-3-15(2)23-11-9-19(13-16-8-10-24-20(16)22)26-12-4-5-17(14-26)21(27)25-18-6-7-18/h3,9,11,17-18,24H,1-2,4-8,10,12-14,22H2,(H,25,27)/b19-9+,23-11-. The molecule has 1 atom stereocenters. The van der Waals surface area contributed by atoms with E-state index in [0.29, 0.717) is 11.7 Å². The maximum absolute atomic E-state index is 12.5. The highest BCUT2D eigenvalue weighted by Gasteiger charge is 2.31. The van der Waals surface area contributed by atoms with Crippen molar-refractivity contribution in [3.05, 3.63) is 48.1 Å². The van der Waals surface area contributed by atoms with Crippen molar-refractivity contribution < 1.29 is 4.79 Å². The first-order chi connectivity index (χ1) is 13.1. The summed E-state index contributed by atoms with van der Waals surface area (Å²) in [5.41, 5.74) is 9.10. The highest BCUT2D eigenvalue weighted by atomic mass is 16.2. The lowest BCUT2D eigenvalue weighted by molar-refractivity contribution is -0.126. The molecule has 6 heteroatoms. The molecule has 0 aromatic heterocycles. The number of likely N-dealkylation sites (tertiary alicyclic amines) is 1. The van der Waals surface area contributed by atoms with Gasteiger partial charge in [-0.2, -0.15) is 0 Å². The van der Waals surface area contributed by atoms with Crippen molar-refractivity contribution in [2.75, 3.05) is 19.6 Å². The summed E-state index contributed by atoms with van der Waals surface area (Å²) in [5, 5.41) is 6.36. The molecule has 4 N–H and O–H groups in total. The quantitative estimate of drug-likeness (QED) is 0.452. The van der Waals surface area contributed by atoms with E-state index in [9.17, 15) is 4.79 Å². The number of carbonyl (C=O) groups excluding carboxylic acids is 1. The molecule has 1 amide bonds. The van der Waals surface area contributed by atoms with Gasteiger partial charge in [0.05, 0.1) is 17.4 Å². The van der Waals surface area contributed by atoms with Crippen LogP contribution in [-0.4, -0.2) is 42.7 Å². The topological polar surface area (TPSA) is 82.8 Å². The summed E-state index contributed by atoms with van der Waals surface area (Å²) in [6.07, 6.45) is 11.4. The third kappa shape index (κ3) is 5.49. The van der Waals surface area contributed by atoms with Gasteiger partial charge in [-0.25, -0.2) is 0 Å². The molecule has 3 rings (SSSR count). The Morgan fingerprint density at radius 1 is 1.41 bits per heavy atom. The van der Waals surface area contributed by atoms with Gasteiger partial charge in [0.1, 0.15) is 0 Å². The molecule has 0 aromatic carbocycles. The van der Waals surface area contributed by atoms with Crippen LogP contribution in [0.25, 0.3) is 0 Å². The van der Waals surface area contributed by atoms with Crippen molar-refractivity contribution in [2.45, 2.75) is 44.6 Å². The second-order valence-electron chi connectivity index (χ2n) is 7.57. The van der Waals surface area contributed by atoms with Gasteiger partial charge in [0.2, 0.25) is 5.91 Å². The number of hydrogen-bond acceptors (Lipinski definition) is 5. The van der Waals surface area contributed by atoms with Crippen LogP contribution in [0.2, 0.25) is 0 Å². The maximum atomic E-state index is 12.5. The molecule has 0 spiro atoms. The molecule has 2 aliphatic heterocycles. The molecule has 1 aliphatic carbocycles. The van der Waals surface area contributed by atoms with Gasteiger partial charge in [-0.1, -0.05) is 13.2 Å². The minimum atomic E-state index is 0.0517. The number of amides is 1. The normalized spacial score (nSPS) is 23.5. The number of allylic oxidation sites excluding steroid dienone is 3. The Balaban J connectivity index is 1.71. The SMILES string of the molecule is C=CC(=C)/N=C\C=C(/CC1=C(N)NCC1)N1CCCC(C(=O)NC2CC2)C1. The average molecular weight is 370 g/mol. The second kappa shape index (κ2) is 8.93. The lowest BCUT2D eigenvalue weighted by atomic mass is 9.95. The van der Waals surface area contributed by atoms with Crippen LogP contribution in [0.15, 0.2) is 53.1 Å². The maximum Gasteiger partial charge on any atom is 0.225 e. The first-order valence-electron chi connectivity index (χ1n) is 9.88. The van der Waals surface area contributed by atoms with Crippen LogP contribution in [0.1, 0.15) is 38.5 Å². The zero-order chi connectivity index (χ0) is 19.2. The van der Waals surface area contributed by atoms with Gasteiger partial charge >= 0.3 is 0 Å². The molecule has 1 saturated heterocycles. The van der Waals surface area contributed by atoms with Crippen molar-refractivity contribution in [3.63, 3.8) is 0 Å². The van der Waals surface area contributed by atoms with Crippen LogP contribution < -0.4 is 16.4 Å². The van der Waals surface area contributed by atoms with Gasteiger partial charge in [-0.05, 0) is 49.8 Å². The molecule has 0 aromatic rings. The number of piperidine rings is 1. The molecule has 2 heterocycles. The number of rotatable bonds is 8. The summed E-state index contributed by atoms with van der Waals surface area (Å²) in [6, 6.07) is 0.412. The fourth-order valence-electron chi connectivity index (χ4n) is 3.56. The Kier molecular flexibility index (Phi) is 6.37. The summed E-state index contributed by atoms with van der Waals surface area (Å²) in [7, 11) is 0. The number of aliphatic imine (C=N–C) groups is 1. The second-order valence-corrected chi connectivity index (χ2v) is 7.57. The van der Waals surface area contributed by atoms with Crippen LogP contribution >= 0.6 is 0 Å². The van der Waals surface area contributed by atoms with Gasteiger partial charge in [-0.3, -0.25) is 9.79 Å². The minimum absolute atomic E-state index is 0.0517. The molecular formula is C21H31N5O. The van der Waals surface area contributed by atoms with Crippen molar-refractivity contribution in [2.24, 2.45) is 16.6 Å². The predicted octanol–water partition coefficient (Wildman–Crippen LogP) is 2.19. The van der Waals surface area contributed by atoms with Gasteiger partial charge in [0.25, 0.3) is 0 Å². The highest BCUT2D eigenvalue weighted by molar-refractivity contribution is 5.79. The molecule has 1 unspecified atom stereocenters. The van der Waals surface area contributed by atoms with Crippen molar-refractivity contribution in [1.82, 2.24) is 15.5 Å². The van der Waals surface area contributed by atoms with E-state index in [0.717, 1.165) is 69.7 Å². The first-order valence-corrected chi connectivity index (χ1v) is 9.88. The summed E-state index contributed by atoms with van der Waals surface area (Å²) in [6.45, 7) is 10.1. The largest absolute Gasteiger partial charge is 0.386 e. The molecule has 3 aliphatic rings. The Bertz CT molecular complexity index is 687. The van der Waals surface area contributed by atoms with Crippen LogP contribution in [0.3, 0.4) is 0 Å². The van der Waals surface area contributed by atoms with E-state index in [-0.39, 0.29) is 11.8 Å². The van der Waals surface area contributed by atoms with E-state index in [2.05, 4.69) is 33.7 Å². The average Bonchev–Trinajstić information content (AvgIpc) is 3.40. The third-order valence-electron chi connectivity index (χ3n) is 5.38. The number of nitrogens with one attached hydrogen (secondary N) is 2. The van der Waals surface area contributed by atoms with Crippen LogP contribution in [0.4, 0.5) is 0 Å². The predicted molar refractivity (Wildman–Crippen MR) is 110 cm³/mol. The molecule has 0 radical (unpaired) electrons. The van der Waals surface area contributed by atoms with Gasteiger partial charge in [-0.15, -0.1) is 0 Å². The van der Waals surface area contributed by atoms with Gasteiger partial charge < -0.3 is 21.3 Å². The molecule has 146 valence electrons. The summed E-state index contributed by atoms with van der Waals surface area (Å²) < 4.78 is 0. The first kappa shape index (κ1) is 19.3. The zero-order valence-corrected chi connectivity index (χ0v) is 16.0. The van der Waals surface area contributed by atoms with Crippen molar-refractivity contribution >= 4 is 12.1 Å². The smallest absolute Gasteiger partial charge is 0.225 e. The Morgan fingerprint density at radius 2 is 2.22 bits per heavy atom. The van der Waals surface area contributed by atoms with E-state index >= 15 is 0 Å². The van der Waals surface area contributed by atoms with Gasteiger partial charge in [0, 0.05) is 44.0 Å². The molecule has 0 bridgehead atoms. The third-order valence-corrected chi connectivity index (χ3v) is 5.38. The van der Waals surface area contributed by atoms with E-state index in [1.54, 1.807) is 12.3 Å². The molecule has 1 saturated carbocycles.